The third-order valence-corrected chi connectivity index (χ3v) is 4.17. The molecule has 1 fully saturated rings. The van der Waals surface area contributed by atoms with Crippen LogP contribution in [0.1, 0.15) is 41.0 Å². The lowest BCUT2D eigenvalue weighted by molar-refractivity contribution is 0.0674. The minimum Gasteiger partial charge on any atom is -0.301 e. The van der Waals surface area contributed by atoms with E-state index in [-0.39, 0.29) is 0 Å². The largest absolute Gasteiger partial charge is 0.301 e. The van der Waals surface area contributed by atoms with E-state index in [1.165, 1.54) is 0 Å². The van der Waals surface area contributed by atoms with Gasteiger partial charge in [0.2, 0.25) is 0 Å². The van der Waals surface area contributed by atoms with Gasteiger partial charge in [0.25, 0.3) is 0 Å². The molecule has 1 heterocycles. The highest BCUT2D eigenvalue weighted by molar-refractivity contribution is 5.06. The van der Waals surface area contributed by atoms with Crippen LogP contribution in [0, 0.1) is 11.3 Å². The molecule has 0 bridgehead atoms. The fourth-order valence-electron chi connectivity index (χ4n) is 2.97. The SMILES string of the molecule is CC(C)NC(C)(C#N)CC(C)N1CCN(C)C(C)C1. The summed E-state index contributed by atoms with van der Waals surface area (Å²) in [5.41, 5.74) is -0.430. The van der Waals surface area contributed by atoms with Crippen LogP contribution < -0.4 is 5.32 Å². The summed E-state index contributed by atoms with van der Waals surface area (Å²) in [6.07, 6.45) is 0.873. The minimum absolute atomic E-state index is 0.336. The zero-order valence-corrected chi connectivity index (χ0v) is 13.4. The van der Waals surface area contributed by atoms with Crippen molar-refractivity contribution in [3.8, 4) is 6.07 Å². The summed E-state index contributed by atoms with van der Waals surface area (Å²) in [6.45, 7) is 14.0. The van der Waals surface area contributed by atoms with Crippen LogP contribution in [-0.2, 0) is 0 Å². The number of likely N-dealkylation sites (N-methyl/N-ethyl adjacent to an activating group) is 1. The van der Waals surface area contributed by atoms with Gasteiger partial charge in [-0.25, -0.2) is 0 Å². The summed E-state index contributed by atoms with van der Waals surface area (Å²) in [4.78, 5) is 4.92. The number of nitriles is 1. The molecule has 0 aromatic carbocycles. The van der Waals surface area contributed by atoms with E-state index in [1.807, 2.05) is 6.92 Å². The third-order valence-electron chi connectivity index (χ3n) is 4.17. The first kappa shape index (κ1) is 16.4. The van der Waals surface area contributed by atoms with Gasteiger partial charge >= 0.3 is 0 Å². The number of rotatable bonds is 5. The van der Waals surface area contributed by atoms with Gasteiger partial charge in [0.15, 0.2) is 0 Å². The quantitative estimate of drug-likeness (QED) is 0.822. The molecule has 1 rings (SSSR count). The minimum atomic E-state index is -0.430. The highest BCUT2D eigenvalue weighted by Gasteiger charge is 2.31. The van der Waals surface area contributed by atoms with Crippen LogP contribution in [-0.4, -0.2) is 60.1 Å². The fourth-order valence-corrected chi connectivity index (χ4v) is 2.97. The van der Waals surface area contributed by atoms with Crippen molar-refractivity contribution in [3.63, 3.8) is 0 Å². The van der Waals surface area contributed by atoms with Crippen molar-refractivity contribution in [2.45, 2.75) is 64.7 Å². The molecule has 1 aliphatic rings. The molecular weight excluding hydrogens is 236 g/mol. The van der Waals surface area contributed by atoms with Crippen molar-refractivity contribution in [1.82, 2.24) is 15.1 Å². The molecule has 0 aromatic rings. The molecule has 4 nitrogen and oxygen atoms in total. The maximum absolute atomic E-state index is 9.44. The Bertz CT molecular complexity index is 323. The van der Waals surface area contributed by atoms with Crippen LogP contribution in [0.15, 0.2) is 0 Å². The first-order chi connectivity index (χ1) is 8.77. The number of piperazine rings is 1. The fraction of sp³-hybridized carbons (Fsp3) is 0.933. The molecule has 3 unspecified atom stereocenters. The van der Waals surface area contributed by atoms with E-state index in [1.54, 1.807) is 0 Å². The Hall–Kier alpha value is -0.630. The number of hydrogen-bond donors (Lipinski definition) is 1. The van der Waals surface area contributed by atoms with E-state index in [0.29, 0.717) is 18.1 Å². The molecule has 1 saturated heterocycles. The lowest BCUT2D eigenvalue weighted by atomic mass is 9.93. The molecule has 3 atom stereocenters. The van der Waals surface area contributed by atoms with Crippen LogP contribution in [0.5, 0.6) is 0 Å². The molecule has 0 saturated carbocycles. The maximum atomic E-state index is 9.44. The lowest BCUT2D eigenvalue weighted by Gasteiger charge is -2.42. The average molecular weight is 266 g/mol. The molecule has 1 N–H and O–H groups in total. The summed E-state index contributed by atoms with van der Waals surface area (Å²) >= 11 is 0. The summed E-state index contributed by atoms with van der Waals surface area (Å²) in [7, 11) is 2.19. The Labute approximate surface area is 118 Å². The topological polar surface area (TPSA) is 42.3 Å². The van der Waals surface area contributed by atoms with E-state index in [0.717, 1.165) is 26.1 Å². The zero-order chi connectivity index (χ0) is 14.6. The number of nitrogens with one attached hydrogen (secondary N) is 1. The van der Waals surface area contributed by atoms with Crippen molar-refractivity contribution >= 4 is 0 Å². The van der Waals surface area contributed by atoms with Crippen molar-refractivity contribution in [1.29, 1.82) is 5.26 Å². The molecule has 0 aromatic heterocycles. The van der Waals surface area contributed by atoms with Gasteiger partial charge in [-0.05, 0) is 48.1 Å². The first-order valence-electron chi connectivity index (χ1n) is 7.40. The Morgan fingerprint density at radius 2 is 2.00 bits per heavy atom. The van der Waals surface area contributed by atoms with E-state index in [2.05, 4.69) is 55.9 Å². The highest BCUT2D eigenvalue weighted by Crippen LogP contribution is 2.19. The monoisotopic (exact) mass is 266 g/mol. The molecule has 0 amide bonds. The van der Waals surface area contributed by atoms with Gasteiger partial charge in [0.05, 0.1) is 6.07 Å². The second-order valence-corrected chi connectivity index (χ2v) is 6.62. The molecule has 1 aliphatic heterocycles. The van der Waals surface area contributed by atoms with Crippen LogP contribution in [0.4, 0.5) is 0 Å². The molecule has 110 valence electrons. The van der Waals surface area contributed by atoms with Gasteiger partial charge in [-0.1, -0.05) is 0 Å². The van der Waals surface area contributed by atoms with E-state index >= 15 is 0 Å². The van der Waals surface area contributed by atoms with Crippen molar-refractivity contribution < 1.29 is 0 Å². The summed E-state index contributed by atoms with van der Waals surface area (Å²) < 4.78 is 0. The summed E-state index contributed by atoms with van der Waals surface area (Å²) in [6, 6.07) is 3.82. The van der Waals surface area contributed by atoms with Gasteiger partial charge in [0, 0.05) is 37.8 Å². The summed E-state index contributed by atoms with van der Waals surface area (Å²) in [5.74, 6) is 0. The van der Waals surface area contributed by atoms with E-state index in [9.17, 15) is 5.26 Å². The van der Waals surface area contributed by atoms with E-state index in [4.69, 9.17) is 0 Å². The second-order valence-electron chi connectivity index (χ2n) is 6.62. The third kappa shape index (κ3) is 4.76. The molecular formula is C15H30N4. The van der Waals surface area contributed by atoms with Gasteiger partial charge in [-0.2, -0.15) is 5.26 Å². The molecule has 19 heavy (non-hydrogen) atoms. The van der Waals surface area contributed by atoms with Gasteiger partial charge in [-0.15, -0.1) is 0 Å². The predicted octanol–water partition coefficient (Wildman–Crippen LogP) is 1.68. The second kappa shape index (κ2) is 6.69. The van der Waals surface area contributed by atoms with Crippen molar-refractivity contribution in [3.05, 3.63) is 0 Å². The van der Waals surface area contributed by atoms with Crippen LogP contribution >= 0.6 is 0 Å². The van der Waals surface area contributed by atoms with Gasteiger partial charge in [-0.3, -0.25) is 10.2 Å². The molecule has 4 heteroatoms. The van der Waals surface area contributed by atoms with Crippen LogP contribution in [0.2, 0.25) is 0 Å². The number of hydrogen-bond acceptors (Lipinski definition) is 4. The first-order valence-corrected chi connectivity index (χ1v) is 7.40. The maximum Gasteiger partial charge on any atom is 0.105 e. The van der Waals surface area contributed by atoms with Crippen LogP contribution in [0.3, 0.4) is 0 Å². The lowest BCUT2D eigenvalue weighted by Crippen LogP contribution is -2.55. The van der Waals surface area contributed by atoms with E-state index < -0.39 is 5.54 Å². The molecule has 0 radical (unpaired) electrons. The van der Waals surface area contributed by atoms with Crippen LogP contribution in [0.25, 0.3) is 0 Å². The Kier molecular flexibility index (Phi) is 5.79. The van der Waals surface area contributed by atoms with Gasteiger partial charge < -0.3 is 4.90 Å². The predicted molar refractivity (Wildman–Crippen MR) is 80.0 cm³/mol. The normalized spacial score (nSPS) is 26.9. The average Bonchev–Trinajstić information content (AvgIpc) is 2.31. The molecule has 0 spiro atoms. The Morgan fingerprint density at radius 1 is 1.37 bits per heavy atom. The Morgan fingerprint density at radius 3 is 2.47 bits per heavy atom. The number of nitrogens with zero attached hydrogens (tertiary/aromatic N) is 3. The van der Waals surface area contributed by atoms with Gasteiger partial charge in [0.1, 0.15) is 5.54 Å². The summed E-state index contributed by atoms with van der Waals surface area (Å²) in [5, 5.41) is 12.8. The Balaban J connectivity index is 2.58. The zero-order valence-electron chi connectivity index (χ0n) is 13.4. The highest BCUT2D eigenvalue weighted by atomic mass is 15.3. The van der Waals surface area contributed by atoms with Crippen molar-refractivity contribution in [2.75, 3.05) is 26.7 Å². The smallest absolute Gasteiger partial charge is 0.105 e. The van der Waals surface area contributed by atoms with Crippen molar-refractivity contribution in [2.24, 2.45) is 0 Å². The standard InChI is InChI=1S/C15H30N4/c1-12(2)17-15(5,11-16)9-13(3)19-8-7-18(6)14(4)10-19/h12-14,17H,7-10H2,1-6H3. The molecule has 0 aliphatic carbocycles.